The molecule has 0 aliphatic heterocycles. The minimum atomic E-state index is -3.15. The second-order valence-electron chi connectivity index (χ2n) is 21.0. The van der Waals surface area contributed by atoms with Gasteiger partial charge in [0.2, 0.25) is 0 Å². The molecule has 61 heavy (non-hydrogen) atoms. The maximum atomic E-state index is 2.72. The predicted octanol–water partition coefficient (Wildman–Crippen LogP) is 13.2. The van der Waals surface area contributed by atoms with E-state index in [1.165, 1.54) is 116 Å². The maximum Gasteiger partial charge on any atom is 0.181 e. The van der Waals surface area contributed by atoms with Gasteiger partial charge in [-0.2, -0.15) is 0 Å². The van der Waals surface area contributed by atoms with E-state index in [1.807, 2.05) is 11.3 Å². The average Bonchev–Trinajstić information content (AvgIpc) is 3.81. The summed E-state index contributed by atoms with van der Waals surface area (Å²) in [6, 6.07) is 59.8. The highest BCUT2D eigenvalue weighted by atomic mass is 32.1. The van der Waals surface area contributed by atoms with Crippen LogP contribution < -0.4 is 20.7 Å². The van der Waals surface area contributed by atoms with Crippen molar-refractivity contribution in [2.45, 2.75) is 103 Å². The van der Waals surface area contributed by atoms with Crippen LogP contribution in [0.2, 0.25) is 0 Å². The molecule has 0 saturated carbocycles. The van der Waals surface area contributed by atoms with Gasteiger partial charge in [0.05, 0.1) is 11.0 Å². The Morgan fingerprint density at radius 1 is 0.410 bits per heavy atom. The van der Waals surface area contributed by atoms with Gasteiger partial charge in [0, 0.05) is 36.6 Å². The molecule has 0 radical (unpaired) electrons. The van der Waals surface area contributed by atoms with Crippen LogP contribution in [0.5, 0.6) is 0 Å². The Morgan fingerprint density at radius 3 is 1.44 bits per heavy atom. The van der Waals surface area contributed by atoms with Crippen LogP contribution in [0.1, 0.15) is 103 Å². The summed E-state index contributed by atoms with van der Waals surface area (Å²) in [5.41, 5.74) is 10.2. The summed E-state index contributed by atoms with van der Waals surface area (Å²) in [5, 5.41) is 11.2. The number of nitrogens with zero attached hydrogens (tertiary/aromatic N) is 1. The summed E-state index contributed by atoms with van der Waals surface area (Å²) in [6.07, 6.45) is 4.77. The van der Waals surface area contributed by atoms with Crippen molar-refractivity contribution < 1.29 is 0 Å². The molecule has 2 heterocycles. The summed E-state index contributed by atoms with van der Waals surface area (Å²) >= 11 is 1.99. The van der Waals surface area contributed by atoms with Crippen LogP contribution in [0.25, 0.3) is 47.7 Å². The van der Waals surface area contributed by atoms with E-state index < -0.39 is 8.07 Å². The molecule has 0 amide bonds. The van der Waals surface area contributed by atoms with Gasteiger partial charge < -0.3 is 4.57 Å². The summed E-state index contributed by atoms with van der Waals surface area (Å²) in [4.78, 5) is 0. The highest BCUT2D eigenvalue weighted by Gasteiger charge is 2.47. The van der Waals surface area contributed by atoms with Crippen molar-refractivity contribution >= 4 is 82.1 Å². The molecule has 7 aromatic carbocycles. The molecule has 0 unspecified atom stereocenters. The fourth-order valence-corrected chi connectivity index (χ4v) is 18.3. The molecule has 0 spiro atoms. The lowest BCUT2D eigenvalue weighted by Gasteiger charge is -2.45. The Kier molecular flexibility index (Phi) is 8.49. The first kappa shape index (κ1) is 38.7. The minimum absolute atomic E-state index is 0.0668. The molecule has 2 aromatic heterocycles. The molecule has 304 valence electrons. The van der Waals surface area contributed by atoms with E-state index in [0.717, 1.165) is 0 Å². The van der Waals surface area contributed by atoms with Crippen LogP contribution >= 0.6 is 11.3 Å². The number of hydrogen-bond donors (Lipinski definition) is 0. The third-order valence-corrected chi connectivity index (χ3v) is 21.7. The number of fused-ring (bicyclic) bond motifs is 8. The van der Waals surface area contributed by atoms with Gasteiger partial charge in [-0.05, 0) is 121 Å². The third kappa shape index (κ3) is 5.69. The second kappa shape index (κ2) is 13.4. The summed E-state index contributed by atoms with van der Waals surface area (Å²) in [6.45, 7) is 19.8. The number of rotatable bonds is 5. The van der Waals surface area contributed by atoms with E-state index in [0.29, 0.717) is 0 Å². The second-order valence-corrected chi connectivity index (χ2v) is 25.8. The van der Waals surface area contributed by atoms with Gasteiger partial charge in [0.15, 0.2) is 8.07 Å². The zero-order valence-corrected chi connectivity index (χ0v) is 38.9. The molecule has 2 aliphatic carbocycles. The molecule has 3 heteroatoms. The van der Waals surface area contributed by atoms with Crippen molar-refractivity contribution in [1.29, 1.82) is 0 Å². The fraction of sp³-hybridized carbons (Fsp3) is 0.276. The first-order chi connectivity index (χ1) is 29.2. The van der Waals surface area contributed by atoms with E-state index >= 15 is 0 Å². The average molecular weight is 828 g/mol. The van der Waals surface area contributed by atoms with Crippen LogP contribution in [0.15, 0.2) is 152 Å². The first-order valence-corrected chi connectivity index (χ1v) is 25.3. The van der Waals surface area contributed by atoms with Gasteiger partial charge in [-0.1, -0.05) is 177 Å². The van der Waals surface area contributed by atoms with Crippen LogP contribution in [-0.2, 0) is 21.7 Å². The van der Waals surface area contributed by atoms with Crippen LogP contribution in [-0.4, -0.2) is 12.6 Å². The van der Waals surface area contributed by atoms with Crippen LogP contribution in [0.4, 0.5) is 0 Å². The number of benzene rings is 7. The highest BCUT2D eigenvalue weighted by Crippen LogP contribution is 2.47. The molecule has 0 atom stereocenters. The number of hydrogen-bond acceptors (Lipinski definition) is 1. The molecular weight excluding hydrogens is 771 g/mol. The molecule has 9 aromatic rings. The van der Waals surface area contributed by atoms with Crippen molar-refractivity contribution in [3.05, 3.63) is 174 Å². The minimum Gasteiger partial charge on any atom is -0.309 e. The molecule has 1 nitrogen and oxygen atoms in total. The van der Waals surface area contributed by atoms with Crippen molar-refractivity contribution in [2.24, 2.45) is 0 Å². The zero-order valence-electron chi connectivity index (χ0n) is 37.1. The smallest absolute Gasteiger partial charge is 0.181 e. The van der Waals surface area contributed by atoms with E-state index in [9.17, 15) is 0 Å². The molecule has 0 N–H and O–H groups in total. The van der Waals surface area contributed by atoms with Gasteiger partial charge in [0.25, 0.3) is 0 Å². The summed E-state index contributed by atoms with van der Waals surface area (Å²) < 4.78 is 5.30. The summed E-state index contributed by atoms with van der Waals surface area (Å²) in [7, 11) is -3.15. The quantitative estimate of drug-likeness (QED) is 0.120. The van der Waals surface area contributed by atoms with E-state index in [-0.39, 0.29) is 21.7 Å². The number of thiophene rings is 1. The molecule has 11 rings (SSSR count). The Labute approximate surface area is 367 Å². The number of aromatic nitrogens is 1. The van der Waals surface area contributed by atoms with Crippen molar-refractivity contribution in [3.63, 3.8) is 0 Å². The van der Waals surface area contributed by atoms with Gasteiger partial charge >= 0.3 is 0 Å². The van der Waals surface area contributed by atoms with Crippen molar-refractivity contribution in [1.82, 2.24) is 4.57 Å². The molecule has 0 bridgehead atoms. The lowest BCUT2D eigenvalue weighted by atomic mass is 9.63. The number of para-hydroxylation sites is 2. The van der Waals surface area contributed by atoms with Crippen molar-refractivity contribution in [2.75, 3.05) is 0 Å². The molecular formula is C58H57NSSi. The van der Waals surface area contributed by atoms with E-state index in [1.54, 1.807) is 0 Å². The van der Waals surface area contributed by atoms with Crippen LogP contribution in [0, 0.1) is 0 Å². The third-order valence-electron chi connectivity index (χ3n) is 15.5. The van der Waals surface area contributed by atoms with Gasteiger partial charge in [-0.3, -0.25) is 0 Å². The van der Waals surface area contributed by atoms with Crippen LogP contribution in [0.3, 0.4) is 0 Å². The Bertz CT molecular complexity index is 3090. The standard InChI is InChI=1S/C58H57NSSi/c1-55(2)31-33-57(5,6)48-36-40(27-29-46(48)55)61(41-28-30-47-49(37-41)58(7,8)34-32-56(47,3)4,53-26-16-22-45-44-21-11-14-25-52(44)60-54(45)53)39-18-15-17-38(35-39)59-50-23-12-9-19-42(50)43-20-10-13-24-51(43)59/h9-30,35-37H,31-34H2,1-8H3. The Morgan fingerprint density at radius 2 is 0.869 bits per heavy atom. The molecule has 0 saturated heterocycles. The van der Waals surface area contributed by atoms with Gasteiger partial charge in [-0.25, -0.2) is 0 Å². The largest absolute Gasteiger partial charge is 0.309 e. The SMILES string of the molecule is CC1(C)CCC(C)(C)c2cc([Si](c3cccc(-n4c5ccccc5c5ccccc54)c3)(c3ccc4c(c3)C(C)(C)CCC4(C)C)c3cccc4c3sc3ccccc34)ccc21. The Hall–Kier alpha value is -5.22. The lowest BCUT2D eigenvalue weighted by Crippen LogP contribution is -2.75. The normalized spacial score (nSPS) is 17.8. The van der Waals surface area contributed by atoms with E-state index in [2.05, 4.69) is 212 Å². The molecule has 2 aliphatic rings. The maximum absolute atomic E-state index is 3.15. The van der Waals surface area contributed by atoms with Crippen molar-refractivity contribution in [3.8, 4) is 5.69 Å². The van der Waals surface area contributed by atoms with Gasteiger partial charge in [0.1, 0.15) is 0 Å². The Balaban J connectivity index is 1.32. The fourth-order valence-electron chi connectivity index (χ4n) is 11.7. The predicted molar refractivity (Wildman–Crippen MR) is 268 cm³/mol. The van der Waals surface area contributed by atoms with Gasteiger partial charge in [-0.15, -0.1) is 11.3 Å². The lowest BCUT2D eigenvalue weighted by molar-refractivity contribution is 0.332. The highest BCUT2D eigenvalue weighted by molar-refractivity contribution is 7.30. The monoisotopic (exact) mass is 827 g/mol. The van der Waals surface area contributed by atoms with E-state index in [4.69, 9.17) is 0 Å². The summed E-state index contributed by atoms with van der Waals surface area (Å²) in [5.74, 6) is 0. The molecule has 0 fully saturated rings. The topological polar surface area (TPSA) is 4.93 Å². The zero-order chi connectivity index (χ0) is 42.1. The first-order valence-electron chi connectivity index (χ1n) is 22.5.